The Morgan fingerprint density at radius 2 is 1.50 bits per heavy atom. The first-order valence-corrected chi connectivity index (χ1v) is 13.4. The van der Waals surface area contributed by atoms with Crippen LogP contribution in [-0.2, 0) is 0 Å². The van der Waals surface area contributed by atoms with E-state index in [-0.39, 0.29) is 0 Å². The summed E-state index contributed by atoms with van der Waals surface area (Å²) in [4.78, 5) is 0. The SMILES string of the molecule is CC(C)CCC[C@@H](C)[C@@H]1CC[C@H]2[C@H]3CC[C@H]4CCCCC[C@]4(C)[C@@H]3CC[C@@]21C. The Bertz CT molecular complexity index is 520. The standard InChI is InChI=1S/C28H50/c1-20(2)10-9-11-21(3)24-15-16-25-23-14-13-22-12-7-6-8-18-27(22,4)26(23)17-19-28(24,25)5/h20-26H,6-19H2,1-5H3/t21-,22-,23-,24+,25+,26-,27+,28-/m1/s1. The lowest BCUT2D eigenvalue weighted by Crippen LogP contribution is -2.52. The number of hydrogen-bond donors (Lipinski definition) is 0. The number of fused-ring (bicyclic) bond motifs is 5. The largest absolute Gasteiger partial charge is 0.0628 e. The second-order valence-corrected chi connectivity index (χ2v) is 12.8. The van der Waals surface area contributed by atoms with Gasteiger partial charge in [0.05, 0.1) is 0 Å². The van der Waals surface area contributed by atoms with E-state index in [0.717, 1.165) is 41.4 Å². The zero-order valence-corrected chi connectivity index (χ0v) is 19.9. The van der Waals surface area contributed by atoms with Gasteiger partial charge in [0.2, 0.25) is 0 Å². The summed E-state index contributed by atoms with van der Waals surface area (Å²) in [5.74, 6) is 7.12. The molecule has 0 amide bonds. The summed E-state index contributed by atoms with van der Waals surface area (Å²) in [7, 11) is 0. The van der Waals surface area contributed by atoms with Gasteiger partial charge in [-0.1, -0.05) is 73.1 Å². The van der Waals surface area contributed by atoms with Crippen molar-refractivity contribution in [2.75, 3.05) is 0 Å². The van der Waals surface area contributed by atoms with E-state index in [1.165, 1.54) is 38.5 Å². The summed E-state index contributed by atoms with van der Waals surface area (Å²) in [6.45, 7) is 12.9. The van der Waals surface area contributed by atoms with Gasteiger partial charge in [-0.3, -0.25) is 0 Å². The molecule has 28 heavy (non-hydrogen) atoms. The fourth-order valence-corrected chi connectivity index (χ4v) is 9.50. The van der Waals surface area contributed by atoms with Crippen molar-refractivity contribution in [2.45, 2.75) is 125 Å². The third-order valence-electron chi connectivity index (χ3n) is 11.0. The maximum atomic E-state index is 2.76. The number of rotatable bonds is 5. The Balaban J connectivity index is 1.47. The Hall–Kier alpha value is 0. The quantitative estimate of drug-likeness (QED) is 0.442. The molecule has 4 aliphatic rings. The topological polar surface area (TPSA) is 0 Å². The molecule has 0 N–H and O–H groups in total. The highest BCUT2D eigenvalue weighted by atomic mass is 14.6. The van der Waals surface area contributed by atoms with Crippen molar-refractivity contribution in [1.29, 1.82) is 0 Å². The number of hydrogen-bond acceptors (Lipinski definition) is 0. The molecule has 0 aliphatic heterocycles. The minimum absolute atomic E-state index is 0.673. The predicted molar refractivity (Wildman–Crippen MR) is 122 cm³/mol. The Morgan fingerprint density at radius 3 is 2.29 bits per heavy atom. The monoisotopic (exact) mass is 386 g/mol. The van der Waals surface area contributed by atoms with Crippen molar-refractivity contribution in [3.8, 4) is 0 Å². The summed E-state index contributed by atoms with van der Waals surface area (Å²) in [5.41, 5.74) is 1.37. The molecule has 0 aromatic heterocycles. The van der Waals surface area contributed by atoms with Gasteiger partial charge >= 0.3 is 0 Å². The summed E-state index contributed by atoms with van der Waals surface area (Å²) in [6.07, 6.45) is 21.4. The van der Waals surface area contributed by atoms with Gasteiger partial charge in [-0.2, -0.15) is 0 Å². The van der Waals surface area contributed by atoms with Crippen molar-refractivity contribution >= 4 is 0 Å². The highest BCUT2D eigenvalue weighted by molar-refractivity contribution is 5.08. The van der Waals surface area contributed by atoms with Crippen LogP contribution in [0.25, 0.3) is 0 Å². The molecular weight excluding hydrogens is 336 g/mol. The smallest absolute Gasteiger partial charge is 0.0264 e. The van der Waals surface area contributed by atoms with E-state index in [1.54, 1.807) is 51.4 Å². The maximum absolute atomic E-state index is 2.76. The van der Waals surface area contributed by atoms with E-state index in [4.69, 9.17) is 0 Å². The molecule has 0 radical (unpaired) electrons. The van der Waals surface area contributed by atoms with Gasteiger partial charge < -0.3 is 0 Å². The van der Waals surface area contributed by atoms with E-state index in [2.05, 4.69) is 34.6 Å². The van der Waals surface area contributed by atoms with Crippen molar-refractivity contribution in [1.82, 2.24) is 0 Å². The second kappa shape index (κ2) is 8.26. The maximum Gasteiger partial charge on any atom is -0.0264 e. The lowest BCUT2D eigenvalue weighted by atomic mass is 9.46. The van der Waals surface area contributed by atoms with Crippen LogP contribution in [0.1, 0.15) is 125 Å². The van der Waals surface area contributed by atoms with E-state index in [0.29, 0.717) is 10.8 Å². The minimum atomic E-state index is 0.673. The third-order valence-corrected chi connectivity index (χ3v) is 11.0. The fraction of sp³-hybridized carbons (Fsp3) is 1.00. The molecule has 0 heteroatoms. The lowest BCUT2D eigenvalue weighted by Gasteiger charge is -2.59. The van der Waals surface area contributed by atoms with Crippen LogP contribution in [0.15, 0.2) is 0 Å². The average molecular weight is 387 g/mol. The van der Waals surface area contributed by atoms with Gasteiger partial charge in [-0.05, 0) is 104 Å². The van der Waals surface area contributed by atoms with Crippen molar-refractivity contribution in [2.24, 2.45) is 52.3 Å². The molecule has 0 bridgehead atoms. The zero-order valence-electron chi connectivity index (χ0n) is 19.9. The van der Waals surface area contributed by atoms with Gasteiger partial charge in [0.15, 0.2) is 0 Å². The Labute approximate surface area is 177 Å². The highest BCUT2D eigenvalue weighted by Crippen LogP contribution is 2.68. The van der Waals surface area contributed by atoms with Crippen LogP contribution < -0.4 is 0 Å². The van der Waals surface area contributed by atoms with E-state index >= 15 is 0 Å². The third kappa shape index (κ3) is 3.62. The van der Waals surface area contributed by atoms with Crippen molar-refractivity contribution in [3.05, 3.63) is 0 Å². The van der Waals surface area contributed by atoms with Crippen molar-refractivity contribution in [3.63, 3.8) is 0 Å². The molecule has 4 rings (SSSR count). The van der Waals surface area contributed by atoms with Crippen molar-refractivity contribution < 1.29 is 0 Å². The average Bonchev–Trinajstić information content (AvgIpc) is 2.87. The van der Waals surface area contributed by atoms with Crippen LogP contribution in [0.5, 0.6) is 0 Å². The Morgan fingerprint density at radius 1 is 0.714 bits per heavy atom. The molecule has 0 heterocycles. The summed E-state index contributed by atoms with van der Waals surface area (Å²) in [6, 6.07) is 0. The van der Waals surface area contributed by atoms with E-state index in [9.17, 15) is 0 Å². The molecule has 0 nitrogen and oxygen atoms in total. The molecule has 8 atom stereocenters. The fourth-order valence-electron chi connectivity index (χ4n) is 9.50. The summed E-state index contributed by atoms with van der Waals surface area (Å²) < 4.78 is 0. The molecule has 4 saturated carbocycles. The zero-order chi connectivity index (χ0) is 19.9. The van der Waals surface area contributed by atoms with Crippen LogP contribution >= 0.6 is 0 Å². The van der Waals surface area contributed by atoms with Gasteiger partial charge in [-0.15, -0.1) is 0 Å². The summed E-state index contributed by atoms with van der Waals surface area (Å²) in [5, 5.41) is 0. The lowest BCUT2D eigenvalue weighted by molar-refractivity contribution is -0.103. The van der Waals surface area contributed by atoms with Gasteiger partial charge in [0, 0.05) is 0 Å². The van der Waals surface area contributed by atoms with E-state index in [1.807, 2.05) is 0 Å². The Kier molecular flexibility index (Phi) is 6.27. The first-order chi connectivity index (χ1) is 13.4. The van der Waals surface area contributed by atoms with Crippen LogP contribution in [0, 0.1) is 52.3 Å². The normalized spacial score (nSPS) is 47.1. The van der Waals surface area contributed by atoms with Gasteiger partial charge in [0.1, 0.15) is 0 Å². The first kappa shape index (κ1) is 21.2. The minimum Gasteiger partial charge on any atom is -0.0628 e. The van der Waals surface area contributed by atoms with Gasteiger partial charge in [-0.25, -0.2) is 0 Å². The molecule has 162 valence electrons. The second-order valence-electron chi connectivity index (χ2n) is 12.8. The molecule has 0 saturated heterocycles. The highest BCUT2D eigenvalue weighted by Gasteiger charge is 2.59. The molecule has 4 fully saturated rings. The molecule has 0 aromatic rings. The van der Waals surface area contributed by atoms with Crippen LogP contribution in [-0.4, -0.2) is 0 Å². The van der Waals surface area contributed by atoms with Gasteiger partial charge in [0.25, 0.3) is 0 Å². The molecular formula is C28H50. The molecule has 0 aromatic carbocycles. The predicted octanol–water partition coefficient (Wildman–Crippen LogP) is 8.89. The first-order valence-electron chi connectivity index (χ1n) is 13.4. The molecule has 0 spiro atoms. The van der Waals surface area contributed by atoms with Crippen LogP contribution in [0.2, 0.25) is 0 Å². The summed E-state index contributed by atoms with van der Waals surface area (Å²) >= 11 is 0. The van der Waals surface area contributed by atoms with Crippen LogP contribution in [0.3, 0.4) is 0 Å². The molecule has 0 unspecified atom stereocenters. The van der Waals surface area contributed by atoms with Crippen LogP contribution in [0.4, 0.5) is 0 Å². The van der Waals surface area contributed by atoms with E-state index < -0.39 is 0 Å². The molecule has 4 aliphatic carbocycles.